The van der Waals surface area contributed by atoms with E-state index in [-0.39, 0.29) is 0 Å². The molecule has 4 heteroatoms. The molecule has 20 heavy (non-hydrogen) atoms. The van der Waals surface area contributed by atoms with Crippen LogP contribution in [0.1, 0.15) is 19.8 Å². The van der Waals surface area contributed by atoms with Crippen molar-refractivity contribution in [2.45, 2.75) is 19.8 Å². The predicted octanol–water partition coefficient (Wildman–Crippen LogP) is 3.80. The van der Waals surface area contributed by atoms with Gasteiger partial charge < -0.3 is 9.72 Å². The van der Waals surface area contributed by atoms with E-state index in [1.165, 1.54) is 0 Å². The van der Waals surface area contributed by atoms with Crippen LogP contribution in [0.15, 0.2) is 42.7 Å². The molecule has 2 heterocycles. The number of benzene rings is 1. The molecule has 0 radical (unpaired) electrons. The number of rotatable bonds is 5. The van der Waals surface area contributed by atoms with Crippen molar-refractivity contribution in [2.24, 2.45) is 0 Å². The van der Waals surface area contributed by atoms with Crippen molar-refractivity contribution in [3.63, 3.8) is 0 Å². The normalized spacial score (nSPS) is 10.8. The Balaban J connectivity index is 1.88. The highest BCUT2D eigenvalue weighted by Crippen LogP contribution is 2.24. The van der Waals surface area contributed by atoms with E-state index in [4.69, 9.17) is 4.74 Å². The Morgan fingerprint density at radius 3 is 2.75 bits per heavy atom. The third-order valence-electron chi connectivity index (χ3n) is 3.21. The van der Waals surface area contributed by atoms with Crippen LogP contribution in [0.5, 0.6) is 6.01 Å². The SMILES string of the molecule is CCCCOc1nc2ccc(-c3ccncc3)cc2[nH]1. The fourth-order valence-corrected chi connectivity index (χ4v) is 2.09. The zero-order valence-electron chi connectivity index (χ0n) is 11.5. The van der Waals surface area contributed by atoms with Crippen molar-refractivity contribution in [1.29, 1.82) is 0 Å². The van der Waals surface area contributed by atoms with Gasteiger partial charge in [-0.15, -0.1) is 0 Å². The molecule has 0 spiro atoms. The largest absolute Gasteiger partial charge is 0.465 e. The number of ether oxygens (including phenoxy) is 1. The number of nitrogens with one attached hydrogen (secondary N) is 1. The van der Waals surface area contributed by atoms with Gasteiger partial charge in [-0.25, -0.2) is 0 Å². The summed E-state index contributed by atoms with van der Waals surface area (Å²) in [6.07, 6.45) is 5.75. The fourth-order valence-electron chi connectivity index (χ4n) is 2.09. The van der Waals surface area contributed by atoms with Gasteiger partial charge in [-0.1, -0.05) is 19.4 Å². The second-order valence-electron chi connectivity index (χ2n) is 4.71. The summed E-state index contributed by atoms with van der Waals surface area (Å²) in [6.45, 7) is 2.84. The number of fused-ring (bicyclic) bond motifs is 1. The number of hydrogen-bond donors (Lipinski definition) is 1. The molecule has 0 bridgehead atoms. The standard InChI is InChI=1S/C16H17N3O/c1-2-3-10-20-16-18-14-5-4-13(11-15(14)19-16)12-6-8-17-9-7-12/h4-9,11H,2-3,10H2,1H3,(H,18,19). The van der Waals surface area contributed by atoms with Gasteiger partial charge in [0, 0.05) is 12.4 Å². The Bertz CT molecular complexity index is 691. The number of H-pyrrole nitrogens is 1. The highest BCUT2D eigenvalue weighted by molar-refractivity contribution is 5.82. The molecule has 0 unspecified atom stereocenters. The molecule has 3 rings (SSSR count). The summed E-state index contributed by atoms with van der Waals surface area (Å²) in [6, 6.07) is 10.7. The van der Waals surface area contributed by atoms with Gasteiger partial charge in [0.1, 0.15) is 0 Å². The van der Waals surface area contributed by atoms with Crippen LogP contribution in [-0.2, 0) is 0 Å². The molecule has 4 nitrogen and oxygen atoms in total. The van der Waals surface area contributed by atoms with Crippen molar-refractivity contribution in [2.75, 3.05) is 6.61 Å². The van der Waals surface area contributed by atoms with Gasteiger partial charge in [-0.05, 0) is 41.8 Å². The van der Waals surface area contributed by atoms with E-state index in [0.717, 1.165) is 35.0 Å². The van der Waals surface area contributed by atoms with Gasteiger partial charge in [0.2, 0.25) is 0 Å². The van der Waals surface area contributed by atoms with Gasteiger partial charge in [0.25, 0.3) is 6.01 Å². The number of unbranched alkanes of at least 4 members (excludes halogenated alkanes) is 1. The lowest BCUT2D eigenvalue weighted by molar-refractivity contribution is 0.289. The quantitative estimate of drug-likeness (QED) is 0.715. The van der Waals surface area contributed by atoms with Gasteiger partial charge >= 0.3 is 0 Å². The molecule has 0 saturated carbocycles. The van der Waals surface area contributed by atoms with Gasteiger partial charge in [0.05, 0.1) is 17.6 Å². The van der Waals surface area contributed by atoms with E-state index in [2.05, 4.69) is 34.0 Å². The third kappa shape index (κ3) is 2.64. The monoisotopic (exact) mass is 267 g/mol. The van der Waals surface area contributed by atoms with Crippen LogP contribution in [0, 0.1) is 0 Å². The number of pyridine rings is 1. The van der Waals surface area contributed by atoms with Gasteiger partial charge in [-0.3, -0.25) is 4.98 Å². The van der Waals surface area contributed by atoms with Crippen molar-refractivity contribution in [3.05, 3.63) is 42.7 Å². The van der Waals surface area contributed by atoms with Gasteiger partial charge in [-0.2, -0.15) is 4.98 Å². The number of hydrogen-bond acceptors (Lipinski definition) is 3. The molecule has 3 aromatic rings. The predicted molar refractivity (Wildman–Crippen MR) is 79.7 cm³/mol. The van der Waals surface area contributed by atoms with E-state index in [0.29, 0.717) is 12.6 Å². The Morgan fingerprint density at radius 1 is 1.10 bits per heavy atom. The van der Waals surface area contributed by atoms with Crippen molar-refractivity contribution < 1.29 is 4.74 Å². The molecule has 1 aromatic carbocycles. The molecule has 0 aliphatic heterocycles. The van der Waals surface area contributed by atoms with E-state index in [1.54, 1.807) is 12.4 Å². The zero-order valence-corrected chi connectivity index (χ0v) is 11.5. The van der Waals surface area contributed by atoms with Crippen LogP contribution in [-0.4, -0.2) is 21.6 Å². The third-order valence-corrected chi connectivity index (χ3v) is 3.21. The molecule has 0 saturated heterocycles. The van der Waals surface area contributed by atoms with Crippen molar-refractivity contribution in [1.82, 2.24) is 15.0 Å². The summed E-state index contributed by atoms with van der Waals surface area (Å²) in [5.74, 6) is 0. The average Bonchev–Trinajstić information content (AvgIpc) is 2.90. The Hall–Kier alpha value is -2.36. The lowest BCUT2D eigenvalue weighted by Crippen LogP contribution is -1.97. The molecule has 0 aliphatic rings. The molecule has 2 aromatic heterocycles. The molecule has 102 valence electrons. The first kappa shape index (κ1) is 12.7. The van der Waals surface area contributed by atoms with Gasteiger partial charge in [0.15, 0.2) is 0 Å². The van der Waals surface area contributed by atoms with E-state index in [1.807, 2.05) is 18.2 Å². The molecule has 0 aliphatic carbocycles. The van der Waals surface area contributed by atoms with E-state index >= 15 is 0 Å². The first-order valence-corrected chi connectivity index (χ1v) is 6.90. The maximum absolute atomic E-state index is 5.60. The minimum Gasteiger partial charge on any atom is -0.465 e. The lowest BCUT2D eigenvalue weighted by Gasteiger charge is -2.00. The zero-order chi connectivity index (χ0) is 13.8. The average molecular weight is 267 g/mol. The molecular weight excluding hydrogens is 250 g/mol. The minimum atomic E-state index is 0.598. The maximum atomic E-state index is 5.60. The number of aromatic amines is 1. The summed E-state index contributed by atoms with van der Waals surface area (Å²) < 4.78 is 5.60. The summed E-state index contributed by atoms with van der Waals surface area (Å²) in [7, 11) is 0. The summed E-state index contributed by atoms with van der Waals surface area (Å²) >= 11 is 0. The number of nitrogens with zero attached hydrogens (tertiary/aromatic N) is 2. The highest BCUT2D eigenvalue weighted by Gasteiger charge is 2.05. The van der Waals surface area contributed by atoms with Crippen LogP contribution in [0.4, 0.5) is 0 Å². The fraction of sp³-hybridized carbons (Fsp3) is 0.250. The van der Waals surface area contributed by atoms with Crippen molar-refractivity contribution in [3.8, 4) is 17.1 Å². The molecule has 0 amide bonds. The van der Waals surface area contributed by atoms with Crippen molar-refractivity contribution >= 4 is 11.0 Å². The minimum absolute atomic E-state index is 0.598. The Labute approximate surface area is 117 Å². The summed E-state index contributed by atoms with van der Waals surface area (Å²) in [5, 5.41) is 0. The smallest absolute Gasteiger partial charge is 0.294 e. The summed E-state index contributed by atoms with van der Waals surface area (Å²) in [5.41, 5.74) is 4.20. The number of aromatic nitrogens is 3. The molecule has 0 atom stereocenters. The van der Waals surface area contributed by atoms with Crippen LogP contribution in [0.3, 0.4) is 0 Å². The van der Waals surface area contributed by atoms with Crippen LogP contribution in [0.2, 0.25) is 0 Å². The number of imidazole rings is 1. The first-order chi connectivity index (χ1) is 9.86. The highest BCUT2D eigenvalue weighted by atomic mass is 16.5. The van der Waals surface area contributed by atoms with Crippen LogP contribution < -0.4 is 4.74 Å². The van der Waals surface area contributed by atoms with Crippen LogP contribution >= 0.6 is 0 Å². The second-order valence-corrected chi connectivity index (χ2v) is 4.71. The van der Waals surface area contributed by atoms with E-state index in [9.17, 15) is 0 Å². The van der Waals surface area contributed by atoms with E-state index < -0.39 is 0 Å². The molecule has 0 fully saturated rings. The topological polar surface area (TPSA) is 50.8 Å². The maximum Gasteiger partial charge on any atom is 0.294 e. The second kappa shape index (κ2) is 5.74. The molecular formula is C16H17N3O. The lowest BCUT2D eigenvalue weighted by atomic mass is 10.1. The first-order valence-electron chi connectivity index (χ1n) is 6.90. The molecule has 1 N–H and O–H groups in total. The summed E-state index contributed by atoms with van der Waals surface area (Å²) in [4.78, 5) is 11.7. The van der Waals surface area contributed by atoms with Crippen LogP contribution in [0.25, 0.3) is 22.2 Å². The Morgan fingerprint density at radius 2 is 1.95 bits per heavy atom. The Kier molecular flexibility index (Phi) is 3.63.